The fraction of sp³-hybridized carbons (Fsp3) is 0.278. The van der Waals surface area contributed by atoms with Crippen molar-refractivity contribution >= 4 is 17.4 Å². The second-order valence-electron chi connectivity index (χ2n) is 6.11. The van der Waals surface area contributed by atoms with Gasteiger partial charge >= 0.3 is 0 Å². The SMILES string of the molecule is CC(C)(C)c1ccc(C(=O)C(Cl)c2ccc(F)cc2)cc1. The van der Waals surface area contributed by atoms with E-state index < -0.39 is 5.38 Å². The molecule has 0 amide bonds. The number of benzene rings is 2. The van der Waals surface area contributed by atoms with Crippen LogP contribution in [-0.2, 0) is 5.41 Å². The van der Waals surface area contributed by atoms with E-state index in [1.807, 2.05) is 12.1 Å². The van der Waals surface area contributed by atoms with Crippen molar-refractivity contribution in [2.24, 2.45) is 0 Å². The van der Waals surface area contributed by atoms with Gasteiger partial charge < -0.3 is 0 Å². The molecule has 0 spiro atoms. The Morgan fingerprint density at radius 3 is 2.00 bits per heavy atom. The summed E-state index contributed by atoms with van der Waals surface area (Å²) in [5.41, 5.74) is 2.36. The Bertz CT molecular complexity index is 624. The van der Waals surface area contributed by atoms with Crippen LogP contribution in [0.25, 0.3) is 0 Å². The number of rotatable bonds is 3. The van der Waals surface area contributed by atoms with Crippen LogP contribution in [0.5, 0.6) is 0 Å². The Hall–Kier alpha value is -1.67. The highest BCUT2D eigenvalue weighted by Crippen LogP contribution is 2.27. The number of carbonyl (C=O) groups is 1. The van der Waals surface area contributed by atoms with Crippen molar-refractivity contribution < 1.29 is 9.18 Å². The Balaban J connectivity index is 2.21. The molecule has 0 saturated heterocycles. The van der Waals surface area contributed by atoms with E-state index in [9.17, 15) is 9.18 Å². The number of hydrogen-bond acceptors (Lipinski definition) is 1. The summed E-state index contributed by atoms with van der Waals surface area (Å²) < 4.78 is 12.9. The molecule has 0 radical (unpaired) electrons. The lowest BCUT2D eigenvalue weighted by Crippen LogP contribution is -2.12. The molecule has 0 aliphatic heterocycles. The number of halogens is 2. The monoisotopic (exact) mass is 304 g/mol. The quantitative estimate of drug-likeness (QED) is 0.556. The highest BCUT2D eigenvalue weighted by atomic mass is 35.5. The van der Waals surface area contributed by atoms with Crippen LogP contribution in [0.15, 0.2) is 48.5 Å². The van der Waals surface area contributed by atoms with E-state index in [0.29, 0.717) is 11.1 Å². The molecule has 0 aliphatic rings. The van der Waals surface area contributed by atoms with Crippen LogP contribution < -0.4 is 0 Å². The number of Topliss-reactive ketones (excluding diaryl/α,β-unsaturated/α-hetero) is 1. The van der Waals surface area contributed by atoms with E-state index >= 15 is 0 Å². The van der Waals surface area contributed by atoms with E-state index in [1.54, 1.807) is 12.1 Å². The van der Waals surface area contributed by atoms with E-state index in [-0.39, 0.29) is 17.0 Å². The minimum absolute atomic E-state index is 0.0406. The molecule has 110 valence electrons. The van der Waals surface area contributed by atoms with Gasteiger partial charge in [0, 0.05) is 5.56 Å². The minimum Gasteiger partial charge on any atom is -0.292 e. The molecule has 0 aliphatic carbocycles. The molecule has 0 bridgehead atoms. The van der Waals surface area contributed by atoms with Gasteiger partial charge in [0.15, 0.2) is 5.78 Å². The first-order valence-electron chi connectivity index (χ1n) is 6.83. The van der Waals surface area contributed by atoms with Crippen LogP contribution >= 0.6 is 11.6 Å². The Morgan fingerprint density at radius 1 is 1.00 bits per heavy atom. The molecule has 1 nitrogen and oxygen atoms in total. The van der Waals surface area contributed by atoms with Crippen LogP contribution in [-0.4, -0.2) is 5.78 Å². The van der Waals surface area contributed by atoms with E-state index in [4.69, 9.17) is 11.6 Å². The van der Waals surface area contributed by atoms with Crippen LogP contribution in [0.2, 0.25) is 0 Å². The summed E-state index contributed by atoms with van der Waals surface area (Å²) in [5.74, 6) is -0.520. The van der Waals surface area contributed by atoms with Gasteiger partial charge in [-0.3, -0.25) is 4.79 Å². The van der Waals surface area contributed by atoms with Crippen LogP contribution in [0, 0.1) is 5.82 Å². The zero-order valence-corrected chi connectivity index (χ0v) is 13.1. The predicted octanol–water partition coefficient (Wildman–Crippen LogP) is 5.29. The predicted molar refractivity (Wildman–Crippen MR) is 84.5 cm³/mol. The smallest absolute Gasteiger partial charge is 0.185 e. The fourth-order valence-corrected chi connectivity index (χ4v) is 2.34. The summed E-state index contributed by atoms with van der Waals surface area (Å²) in [6.07, 6.45) is 0. The van der Waals surface area contributed by atoms with E-state index in [0.717, 1.165) is 5.56 Å². The van der Waals surface area contributed by atoms with Crippen molar-refractivity contribution in [1.29, 1.82) is 0 Å². The van der Waals surface area contributed by atoms with Gasteiger partial charge in [-0.15, -0.1) is 11.6 Å². The maximum Gasteiger partial charge on any atom is 0.185 e. The summed E-state index contributed by atoms with van der Waals surface area (Å²) in [4.78, 5) is 12.4. The lowest BCUT2D eigenvalue weighted by atomic mass is 9.86. The Labute approximate surface area is 129 Å². The van der Waals surface area contributed by atoms with Gasteiger partial charge in [0.1, 0.15) is 11.2 Å². The zero-order chi connectivity index (χ0) is 15.6. The topological polar surface area (TPSA) is 17.1 Å². The van der Waals surface area contributed by atoms with Gasteiger partial charge in [0.05, 0.1) is 0 Å². The van der Waals surface area contributed by atoms with Crippen molar-refractivity contribution in [3.05, 3.63) is 71.0 Å². The van der Waals surface area contributed by atoms with Crippen molar-refractivity contribution in [2.75, 3.05) is 0 Å². The van der Waals surface area contributed by atoms with Gasteiger partial charge in [0.25, 0.3) is 0 Å². The summed E-state index contributed by atoms with van der Waals surface area (Å²) in [6, 6.07) is 13.2. The lowest BCUT2D eigenvalue weighted by molar-refractivity contribution is 0.0987. The summed E-state index contributed by atoms with van der Waals surface area (Å²) in [7, 11) is 0. The highest BCUT2D eigenvalue weighted by Gasteiger charge is 2.20. The first-order chi connectivity index (χ1) is 9.79. The van der Waals surface area contributed by atoms with Crippen molar-refractivity contribution in [1.82, 2.24) is 0 Å². The minimum atomic E-state index is -0.800. The molecule has 0 N–H and O–H groups in total. The molecule has 0 saturated carbocycles. The first-order valence-corrected chi connectivity index (χ1v) is 7.27. The van der Waals surface area contributed by atoms with Crippen molar-refractivity contribution in [3.8, 4) is 0 Å². The third-order valence-corrected chi connectivity index (χ3v) is 3.88. The molecular formula is C18H18ClFO. The second kappa shape index (κ2) is 5.98. The van der Waals surface area contributed by atoms with Gasteiger partial charge in [-0.05, 0) is 28.7 Å². The second-order valence-corrected chi connectivity index (χ2v) is 6.54. The first kappa shape index (κ1) is 15.7. The lowest BCUT2D eigenvalue weighted by Gasteiger charge is -2.19. The third-order valence-electron chi connectivity index (χ3n) is 3.43. The van der Waals surface area contributed by atoms with Crippen molar-refractivity contribution in [2.45, 2.75) is 31.6 Å². The maximum absolute atomic E-state index is 12.9. The maximum atomic E-state index is 12.9. The molecule has 0 aromatic heterocycles. The summed E-state index contributed by atoms with van der Waals surface area (Å²) >= 11 is 6.20. The average molecular weight is 305 g/mol. The van der Waals surface area contributed by atoms with E-state index in [2.05, 4.69) is 20.8 Å². The molecule has 1 unspecified atom stereocenters. The number of carbonyl (C=O) groups excluding carboxylic acids is 1. The largest absolute Gasteiger partial charge is 0.292 e. The van der Waals surface area contributed by atoms with Crippen molar-refractivity contribution in [3.63, 3.8) is 0 Å². The summed E-state index contributed by atoms with van der Waals surface area (Å²) in [5, 5.41) is -0.800. The molecule has 3 heteroatoms. The Kier molecular flexibility index (Phi) is 4.48. The average Bonchev–Trinajstić information content (AvgIpc) is 2.46. The molecule has 21 heavy (non-hydrogen) atoms. The molecule has 0 heterocycles. The van der Waals surface area contributed by atoms with Gasteiger partial charge in [-0.2, -0.15) is 0 Å². The molecule has 2 rings (SSSR count). The van der Waals surface area contributed by atoms with Crippen LogP contribution in [0.4, 0.5) is 4.39 Å². The summed E-state index contributed by atoms with van der Waals surface area (Å²) in [6.45, 7) is 6.35. The standard InChI is InChI=1S/C18H18ClFO/c1-18(2,3)14-8-4-13(5-9-14)17(21)16(19)12-6-10-15(20)11-7-12/h4-11,16H,1-3H3. The molecule has 2 aromatic rings. The van der Waals surface area contributed by atoms with Gasteiger partial charge in [0.2, 0.25) is 0 Å². The Morgan fingerprint density at radius 2 is 1.52 bits per heavy atom. The van der Waals surface area contributed by atoms with Gasteiger partial charge in [-0.1, -0.05) is 57.2 Å². The molecule has 0 fully saturated rings. The number of alkyl halides is 1. The molecule has 2 aromatic carbocycles. The molecule has 1 atom stereocenters. The highest BCUT2D eigenvalue weighted by molar-refractivity contribution is 6.33. The van der Waals surface area contributed by atoms with Crippen LogP contribution in [0.3, 0.4) is 0 Å². The third kappa shape index (κ3) is 3.70. The molecular weight excluding hydrogens is 287 g/mol. The normalized spacial score (nSPS) is 13.0. The van der Waals surface area contributed by atoms with E-state index in [1.165, 1.54) is 24.3 Å². The zero-order valence-electron chi connectivity index (χ0n) is 12.4. The van der Waals surface area contributed by atoms with Gasteiger partial charge in [-0.25, -0.2) is 4.39 Å². The fourth-order valence-electron chi connectivity index (χ4n) is 2.06. The number of hydrogen-bond donors (Lipinski definition) is 0. The van der Waals surface area contributed by atoms with Crippen LogP contribution in [0.1, 0.15) is 47.6 Å². The number of ketones is 1.